The van der Waals surface area contributed by atoms with Crippen molar-refractivity contribution in [1.29, 1.82) is 0 Å². The molecule has 3 heteroatoms. The van der Waals surface area contributed by atoms with Crippen LogP contribution >= 0.6 is 0 Å². The third kappa shape index (κ3) is 5.20. The quantitative estimate of drug-likeness (QED) is 0.172. The minimum absolute atomic E-state index is 0.856. The van der Waals surface area contributed by atoms with Gasteiger partial charge in [0.2, 0.25) is 0 Å². The van der Waals surface area contributed by atoms with Crippen LogP contribution in [0.3, 0.4) is 0 Å². The lowest BCUT2D eigenvalue weighted by molar-refractivity contribution is 0.673. The van der Waals surface area contributed by atoms with Crippen LogP contribution in [0.25, 0.3) is 82.5 Å². The van der Waals surface area contributed by atoms with E-state index >= 15 is 0 Å². The number of hydrogen-bond acceptors (Lipinski definition) is 2. The van der Waals surface area contributed by atoms with Gasteiger partial charge >= 0.3 is 0 Å². The van der Waals surface area contributed by atoms with E-state index in [9.17, 15) is 0 Å². The second-order valence-corrected chi connectivity index (χ2v) is 14.2. The summed E-state index contributed by atoms with van der Waals surface area (Å²) in [6.45, 7) is 0. The van der Waals surface area contributed by atoms with E-state index in [1.165, 1.54) is 38.4 Å². The summed E-state index contributed by atoms with van der Waals surface area (Å²) in [4.78, 5) is 2.33. The molecule has 3 nitrogen and oxygen atoms in total. The number of fused-ring (bicyclic) bond motifs is 8. The van der Waals surface area contributed by atoms with Gasteiger partial charge in [0.25, 0.3) is 0 Å². The Morgan fingerprint density at radius 1 is 0.364 bits per heavy atom. The highest BCUT2D eigenvalue weighted by Crippen LogP contribution is 2.44. The molecule has 0 N–H and O–H groups in total. The summed E-state index contributed by atoms with van der Waals surface area (Å²) >= 11 is 0. The molecule has 11 aromatic rings. The molecule has 0 saturated carbocycles. The maximum Gasteiger partial charge on any atom is 0.145 e. The molecule has 0 spiro atoms. The van der Waals surface area contributed by atoms with Crippen molar-refractivity contribution in [3.63, 3.8) is 0 Å². The van der Waals surface area contributed by atoms with Gasteiger partial charge in [0.05, 0.1) is 16.4 Å². The Balaban J connectivity index is 1.09. The Morgan fingerprint density at radius 2 is 0.982 bits per heavy atom. The molecule has 0 saturated heterocycles. The molecule has 0 aliphatic rings. The van der Waals surface area contributed by atoms with Crippen molar-refractivity contribution in [1.82, 2.24) is 4.57 Å². The summed E-state index contributed by atoms with van der Waals surface area (Å²) in [6, 6.07) is 73.8. The number of anilines is 3. The molecule has 0 radical (unpaired) electrons. The summed E-state index contributed by atoms with van der Waals surface area (Å²) in [5.41, 5.74) is 13.1. The summed E-state index contributed by atoms with van der Waals surface area (Å²) in [5, 5.41) is 6.92. The van der Waals surface area contributed by atoms with E-state index < -0.39 is 0 Å². The summed E-state index contributed by atoms with van der Waals surface area (Å²) in [6.07, 6.45) is 0. The lowest BCUT2D eigenvalue weighted by Crippen LogP contribution is -2.09. The van der Waals surface area contributed by atoms with Crippen molar-refractivity contribution in [3.8, 4) is 27.9 Å². The van der Waals surface area contributed by atoms with Gasteiger partial charge in [0.1, 0.15) is 11.2 Å². The van der Waals surface area contributed by atoms with Crippen LogP contribution in [0.4, 0.5) is 17.1 Å². The van der Waals surface area contributed by atoms with Crippen LogP contribution in [0, 0.1) is 0 Å². The first-order chi connectivity index (χ1) is 27.3. The maximum atomic E-state index is 6.99. The van der Waals surface area contributed by atoms with Gasteiger partial charge in [-0.25, -0.2) is 0 Å². The van der Waals surface area contributed by atoms with Gasteiger partial charge in [-0.05, 0) is 99.8 Å². The van der Waals surface area contributed by atoms with E-state index in [-0.39, 0.29) is 0 Å². The van der Waals surface area contributed by atoms with Gasteiger partial charge in [-0.1, -0.05) is 133 Å². The first-order valence-corrected chi connectivity index (χ1v) is 18.8. The zero-order chi connectivity index (χ0) is 36.3. The van der Waals surface area contributed by atoms with Crippen LogP contribution in [-0.2, 0) is 0 Å². The van der Waals surface area contributed by atoms with Gasteiger partial charge in [-0.2, -0.15) is 0 Å². The summed E-state index contributed by atoms with van der Waals surface area (Å²) in [7, 11) is 0. The van der Waals surface area contributed by atoms with E-state index in [0.29, 0.717) is 0 Å². The molecular formula is C52H34N2O. The Morgan fingerprint density at radius 3 is 1.80 bits per heavy atom. The Hall–Kier alpha value is -7.36. The molecule has 2 heterocycles. The normalized spacial score (nSPS) is 11.6. The molecule has 0 unspecified atom stereocenters. The average molecular weight is 703 g/mol. The minimum atomic E-state index is 0.856. The fourth-order valence-corrected chi connectivity index (χ4v) is 8.34. The minimum Gasteiger partial charge on any atom is -0.455 e. The molecule has 55 heavy (non-hydrogen) atoms. The number of furan rings is 1. The van der Waals surface area contributed by atoms with Gasteiger partial charge < -0.3 is 13.9 Å². The summed E-state index contributed by atoms with van der Waals surface area (Å²) in [5.74, 6) is 0. The zero-order valence-electron chi connectivity index (χ0n) is 29.9. The largest absolute Gasteiger partial charge is 0.455 e. The van der Waals surface area contributed by atoms with Crippen LogP contribution < -0.4 is 4.90 Å². The highest BCUT2D eigenvalue weighted by molar-refractivity contribution is 6.24. The molecule has 0 atom stereocenters. The number of rotatable bonds is 6. The first-order valence-electron chi connectivity index (χ1n) is 18.8. The Labute approximate surface area is 318 Å². The Kier molecular flexibility index (Phi) is 7.17. The third-order valence-corrected chi connectivity index (χ3v) is 11.0. The fourth-order valence-electron chi connectivity index (χ4n) is 8.34. The molecule has 0 bridgehead atoms. The predicted octanol–water partition coefficient (Wildman–Crippen LogP) is 14.6. The third-order valence-electron chi connectivity index (χ3n) is 11.0. The number of benzene rings is 9. The van der Waals surface area contributed by atoms with E-state index in [2.05, 4.69) is 216 Å². The number of nitrogens with zero attached hydrogens (tertiary/aromatic N) is 2. The summed E-state index contributed by atoms with van der Waals surface area (Å²) < 4.78 is 9.36. The molecular weight excluding hydrogens is 669 g/mol. The molecule has 0 fully saturated rings. The second-order valence-electron chi connectivity index (χ2n) is 14.2. The molecule has 11 rings (SSSR count). The Bertz CT molecular complexity index is 3190. The van der Waals surface area contributed by atoms with Crippen molar-refractivity contribution < 1.29 is 4.42 Å². The van der Waals surface area contributed by atoms with Crippen molar-refractivity contribution in [3.05, 3.63) is 206 Å². The molecule has 9 aromatic carbocycles. The van der Waals surface area contributed by atoms with Crippen molar-refractivity contribution in [2.75, 3.05) is 4.90 Å². The van der Waals surface area contributed by atoms with Crippen molar-refractivity contribution in [2.24, 2.45) is 0 Å². The monoisotopic (exact) mass is 702 g/mol. The van der Waals surface area contributed by atoms with Crippen molar-refractivity contribution >= 4 is 71.6 Å². The smallest absolute Gasteiger partial charge is 0.145 e. The van der Waals surface area contributed by atoms with E-state index in [1.54, 1.807) is 0 Å². The molecule has 2 aromatic heterocycles. The number of aromatic nitrogens is 1. The van der Waals surface area contributed by atoms with Crippen LogP contribution in [-0.4, -0.2) is 4.57 Å². The van der Waals surface area contributed by atoms with E-state index in [0.717, 1.165) is 61.1 Å². The van der Waals surface area contributed by atoms with E-state index in [1.807, 2.05) is 0 Å². The topological polar surface area (TPSA) is 21.3 Å². The molecule has 0 amide bonds. The van der Waals surface area contributed by atoms with Crippen LogP contribution in [0.15, 0.2) is 211 Å². The second kappa shape index (κ2) is 12.6. The number of hydrogen-bond donors (Lipinski definition) is 0. The lowest BCUT2D eigenvalue weighted by Gasteiger charge is -2.26. The standard InChI is InChI=1S/C52H34N2O/c1-3-12-35(13-4-1)38-22-25-41(26-23-38)53(43-27-24-37-16-7-8-17-39(37)33-43)44-28-29-45-46-30-31-49-51(52(46)55-50(45)34-44)47-20-9-10-21-48(47)54(49)42-19-11-18-40(32-42)36-14-5-2-6-15-36/h1-34H. The fraction of sp³-hybridized carbons (Fsp3) is 0. The maximum absolute atomic E-state index is 6.99. The highest BCUT2D eigenvalue weighted by atomic mass is 16.3. The van der Waals surface area contributed by atoms with Gasteiger partial charge in [0, 0.05) is 45.0 Å². The van der Waals surface area contributed by atoms with Crippen LogP contribution in [0.2, 0.25) is 0 Å². The number of para-hydroxylation sites is 1. The zero-order valence-corrected chi connectivity index (χ0v) is 29.9. The SMILES string of the molecule is c1ccc(-c2ccc(N(c3ccc4ccccc4c3)c3ccc4c(c3)oc3c4ccc4c3c3ccccc3n4-c3cccc(-c4ccccc4)c3)cc2)cc1. The molecule has 0 aliphatic carbocycles. The molecule has 0 aliphatic heterocycles. The van der Waals surface area contributed by atoms with E-state index in [4.69, 9.17) is 4.42 Å². The van der Waals surface area contributed by atoms with Gasteiger partial charge in [-0.3, -0.25) is 0 Å². The first kappa shape index (κ1) is 31.2. The van der Waals surface area contributed by atoms with Crippen molar-refractivity contribution in [2.45, 2.75) is 0 Å². The van der Waals surface area contributed by atoms with Gasteiger partial charge in [0.15, 0.2) is 0 Å². The average Bonchev–Trinajstić information content (AvgIpc) is 3.80. The van der Waals surface area contributed by atoms with Crippen LogP contribution in [0.1, 0.15) is 0 Å². The predicted molar refractivity (Wildman–Crippen MR) is 231 cm³/mol. The van der Waals surface area contributed by atoms with Gasteiger partial charge in [-0.15, -0.1) is 0 Å². The highest BCUT2D eigenvalue weighted by Gasteiger charge is 2.21. The molecule has 258 valence electrons. The lowest BCUT2D eigenvalue weighted by atomic mass is 10.0. The van der Waals surface area contributed by atoms with Crippen LogP contribution in [0.5, 0.6) is 0 Å².